The third-order valence-corrected chi connectivity index (χ3v) is 9.32. The van der Waals surface area contributed by atoms with Crippen molar-refractivity contribution in [1.82, 2.24) is 14.9 Å². The molecule has 230 valence electrons. The molecule has 3 aromatic rings. The lowest BCUT2D eigenvalue weighted by Gasteiger charge is -2.32. The van der Waals surface area contributed by atoms with Crippen molar-refractivity contribution >= 4 is 33.1 Å². The van der Waals surface area contributed by atoms with Gasteiger partial charge < -0.3 is 15.1 Å². The molecule has 0 aliphatic carbocycles. The van der Waals surface area contributed by atoms with E-state index >= 15 is 0 Å². The van der Waals surface area contributed by atoms with Crippen LogP contribution in [0.3, 0.4) is 0 Å². The van der Waals surface area contributed by atoms with Gasteiger partial charge in [-0.05, 0) is 58.1 Å². The van der Waals surface area contributed by atoms with Gasteiger partial charge in [0.2, 0.25) is 5.95 Å². The topological polar surface area (TPSA) is 78.4 Å². The van der Waals surface area contributed by atoms with Crippen molar-refractivity contribution in [2.24, 2.45) is 0 Å². The van der Waals surface area contributed by atoms with Crippen molar-refractivity contribution in [3.05, 3.63) is 70.3 Å². The van der Waals surface area contributed by atoms with E-state index in [2.05, 4.69) is 16.2 Å². The lowest BCUT2D eigenvalue weighted by Crippen LogP contribution is -2.41. The Morgan fingerprint density at radius 1 is 0.953 bits per heavy atom. The standard InChI is InChI=1S/C29H29F6N5O2S/c1-18-6-3-4-7-22(18)24-23-25(38-27(37-24)39-10-12-43(2,42)13-11-39)36-8-5-9-40(26(23)41)17-19-14-20(28(30,31)32)16-21(15-19)29(33,34)35/h3-4,6-7,14-16H,2,5,8-13,17H2,1H3,(H,36,37,38). The number of hydrogen-bond donors (Lipinski definition) is 1. The smallest absolute Gasteiger partial charge is 0.369 e. The largest absolute Gasteiger partial charge is 0.416 e. The molecule has 43 heavy (non-hydrogen) atoms. The van der Waals surface area contributed by atoms with E-state index in [-0.39, 0.29) is 35.2 Å². The van der Waals surface area contributed by atoms with Crippen LogP contribution in [0.1, 0.15) is 39.0 Å². The number of nitrogens with zero attached hydrogens (tertiary/aromatic N) is 4. The average Bonchev–Trinajstić information content (AvgIpc) is 2.92. The van der Waals surface area contributed by atoms with Gasteiger partial charge in [0, 0.05) is 49.8 Å². The maximum atomic E-state index is 14.1. The summed E-state index contributed by atoms with van der Waals surface area (Å²) in [6.07, 6.45) is -9.66. The van der Waals surface area contributed by atoms with Crippen molar-refractivity contribution in [2.75, 3.05) is 47.9 Å². The van der Waals surface area contributed by atoms with Gasteiger partial charge >= 0.3 is 12.4 Å². The molecule has 0 saturated carbocycles. The summed E-state index contributed by atoms with van der Waals surface area (Å²) in [5, 5.41) is 3.17. The SMILES string of the molecule is C=S1(=O)CCN(c2nc3c(c(-c4ccccc4C)n2)C(=O)N(Cc2cc(C(F)(F)F)cc(C(F)(F)F)c2)CCCN3)CC1. The van der Waals surface area contributed by atoms with Gasteiger partial charge in [0.1, 0.15) is 11.4 Å². The number of aryl methyl sites for hydroxylation is 1. The number of halogens is 6. The zero-order chi connectivity index (χ0) is 31.2. The Morgan fingerprint density at radius 2 is 1.58 bits per heavy atom. The Balaban J connectivity index is 1.60. The molecule has 1 amide bonds. The van der Waals surface area contributed by atoms with Crippen LogP contribution < -0.4 is 10.2 Å². The fourth-order valence-corrected chi connectivity index (χ4v) is 6.45. The highest BCUT2D eigenvalue weighted by Crippen LogP contribution is 2.38. The zero-order valence-corrected chi connectivity index (χ0v) is 24.0. The minimum Gasteiger partial charge on any atom is -0.369 e. The summed E-state index contributed by atoms with van der Waals surface area (Å²) in [5.74, 6) is 4.39. The van der Waals surface area contributed by atoms with Crippen LogP contribution in [0.2, 0.25) is 0 Å². The summed E-state index contributed by atoms with van der Waals surface area (Å²) in [5.41, 5.74) is -1.43. The second kappa shape index (κ2) is 11.4. The molecule has 7 nitrogen and oxygen atoms in total. The van der Waals surface area contributed by atoms with Gasteiger partial charge in [0.15, 0.2) is 0 Å². The van der Waals surface area contributed by atoms with Crippen molar-refractivity contribution in [1.29, 1.82) is 0 Å². The first kappa shape index (κ1) is 30.6. The number of rotatable bonds is 4. The van der Waals surface area contributed by atoms with E-state index in [1.165, 1.54) is 4.90 Å². The second-order valence-electron chi connectivity index (χ2n) is 10.7. The molecule has 1 saturated heterocycles. The van der Waals surface area contributed by atoms with E-state index in [1.807, 2.05) is 24.0 Å². The molecule has 1 aromatic heterocycles. The first-order chi connectivity index (χ1) is 20.1. The Kier molecular flexibility index (Phi) is 8.09. The number of hydrogen-bond acceptors (Lipinski definition) is 6. The van der Waals surface area contributed by atoms with E-state index in [0.717, 1.165) is 5.56 Å². The highest BCUT2D eigenvalue weighted by atomic mass is 32.2. The fourth-order valence-electron chi connectivity index (χ4n) is 5.14. The first-order valence-electron chi connectivity index (χ1n) is 13.5. The number of carbonyl (C=O) groups is 1. The number of alkyl halides is 6. The Bertz CT molecular complexity index is 1610. The van der Waals surface area contributed by atoms with Crippen LogP contribution >= 0.6 is 0 Å². The van der Waals surface area contributed by atoms with E-state index < -0.39 is 45.5 Å². The zero-order valence-electron chi connectivity index (χ0n) is 23.2. The molecule has 1 fully saturated rings. The van der Waals surface area contributed by atoms with Gasteiger partial charge in [-0.3, -0.25) is 9.00 Å². The van der Waals surface area contributed by atoms with Crippen LogP contribution in [-0.4, -0.2) is 68.5 Å². The summed E-state index contributed by atoms with van der Waals surface area (Å²) in [6.45, 7) is 2.55. The number of carbonyl (C=O) groups excluding carboxylic acids is 1. The molecule has 0 atom stereocenters. The van der Waals surface area contributed by atoms with Gasteiger partial charge in [-0.2, -0.15) is 31.3 Å². The highest BCUT2D eigenvalue weighted by Gasteiger charge is 2.38. The second-order valence-corrected chi connectivity index (χ2v) is 13.4. The number of amides is 1. The molecule has 0 unspecified atom stereocenters. The maximum absolute atomic E-state index is 14.1. The third-order valence-electron chi connectivity index (χ3n) is 7.47. The average molecular weight is 626 g/mol. The van der Waals surface area contributed by atoms with Gasteiger partial charge in [0.25, 0.3) is 5.91 Å². The molecule has 5 rings (SSSR count). The van der Waals surface area contributed by atoms with Crippen LogP contribution in [-0.2, 0) is 28.4 Å². The monoisotopic (exact) mass is 625 g/mol. The number of nitrogens with one attached hydrogen (secondary N) is 1. The van der Waals surface area contributed by atoms with Crippen molar-refractivity contribution < 1.29 is 35.3 Å². The summed E-state index contributed by atoms with van der Waals surface area (Å²) >= 11 is 0. The summed E-state index contributed by atoms with van der Waals surface area (Å²) in [4.78, 5) is 26.6. The van der Waals surface area contributed by atoms with Crippen LogP contribution in [0.25, 0.3) is 11.3 Å². The predicted octanol–water partition coefficient (Wildman–Crippen LogP) is 5.48. The molecule has 3 heterocycles. The van der Waals surface area contributed by atoms with Crippen LogP contribution in [0.15, 0.2) is 42.5 Å². The minimum atomic E-state index is -5.01. The minimum absolute atomic E-state index is 0.0667. The van der Waals surface area contributed by atoms with Crippen LogP contribution in [0.4, 0.5) is 38.1 Å². The van der Waals surface area contributed by atoms with E-state index in [1.54, 1.807) is 12.1 Å². The van der Waals surface area contributed by atoms with Gasteiger partial charge in [-0.25, -0.2) is 4.98 Å². The number of anilines is 2. The summed E-state index contributed by atoms with van der Waals surface area (Å²) in [6, 6.07) is 8.55. The Morgan fingerprint density at radius 3 is 2.19 bits per heavy atom. The molecular formula is C29H29F6N5O2S. The predicted molar refractivity (Wildman–Crippen MR) is 154 cm³/mol. The van der Waals surface area contributed by atoms with Gasteiger partial charge in [0.05, 0.1) is 16.8 Å². The Labute approximate surface area is 244 Å². The van der Waals surface area contributed by atoms with Crippen LogP contribution in [0, 0.1) is 6.92 Å². The molecule has 2 aromatic carbocycles. The van der Waals surface area contributed by atoms with Crippen molar-refractivity contribution in [3.63, 3.8) is 0 Å². The quantitative estimate of drug-likeness (QED) is 0.306. The molecule has 14 heteroatoms. The highest BCUT2D eigenvalue weighted by molar-refractivity contribution is 8.00. The summed E-state index contributed by atoms with van der Waals surface area (Å²) < 4.78 is 93.6. The molecule has 1 N–H and O–H groups in total. The van der Waals surface area contributed by atoms with Crippen molar-refractivity contribution in [3.8, 4) is 11.3 Å². The number of aromatic nitrogens is 2. The lowest BCUT2D eigenvalue weighted by molar-refractivity contribution is -0.143. The van der Waals surface area contributed by atoms with E-state index in [0.29, 0.717) is 61.2 Å². The molecule has 0 bridgehead atoms. The molecule has 0 spiro atoms. The van der Waals surface area contributed by atoms with E-state index in [9.17, 15) is 35.3 Å². The normalized spacial score (nSPS) is 17.6. The van der Waals surface area contributed by atoms with Crippen molar-refractivity contribution in [2.45, 2.75) is 32.2 Å². The third kappa shape index (κ3) is 6.73. The number of benzene rings is 2. The molecular weight excluding hydrogens is 596 g/mol. The fraction of sp³-hybridized carbons (Fsp3) is 0.379. The van der Waals surface area contributed by atoms with Gasteiger partial charge in [-0.1, -0.05) is 24.3 Å². The molecule has 2 aliphatic rings. The maximum Gasteiger partial charge on any atom is 0.416 e. The Hall–Kier alpha value is -3.81. The molecule has 0 radical (unpaired) electrons. The first-order valence-corrected chi connectivity index (χ1v) is 15.6. The van der Waals surface area contributed by atoms with Crippen LogP contribution in [0.5, 0.6) is 0 Å². The lowest BCUT2D eigenvalue weighted by atomic mass is 9.99. The van der Waals surface area contributed by atoms with E-state index in [4.69, 9.17) is 4.98 Å². The summed E-state index contributed by atoms with van der Waals surface area (Å²) in [7, 11) is -2.21. The molecule has 2 aliphatic heterocycles. The van der Waals surface area contributed by atoms with Gasteiger partial charge in [-0.15, -0.1) is 0 Å². The number of fused-ring (bicyclic) bond motifs is 1.